The van der Waals surface area contributed by atoms with Crippen LogP contribution in [0.1, 0.15) is 37.8 Å². The number of hydrogen-bond acceptors (Lipinski definition) is 4. The van der Waals surface area contributed by atoms with Crippen molar-refractivity contribution in [3.05, 3.63) is 29.3 Å². The minimum Gasteiger partial charge on any atom is -0.484 e. The molecule has 9 heteroatoms. The molecule has 2 rings (SSSR count). The summed E-state index contributed by atoms with van der Waals surface area (Å²) >= 11 is 1.94. The van der Waals surface area contributed by atoms with Gasteiger partial charge in [0.15, 0.2) is 12.6 Å². The van der Waals surface area contributed by atoms with Crippen LogP contribution in [-0.4, -0.2) is 55.5 Å². The summed E-state index contributed by atoms with van der Waals surface area (Å²) in [5.74, 6) is 1.88. The highest BCUT2D eigenvalue weighted by Crippen LogP contribution is 2.34. The Balaban J connectivity index is 2.08. The fraction of sp³-hybridized carbons (Fsp3) is 0.667. The van der Waals surface area contributed by atoms with E-state index >= 15 is 0 Å². The number of halogens is 3. The van der Waals surface area contributed by atoms with Crippen LogP contribution in [0.4, 0.5) is 13.2 Å². The van der Waals surface area contributed by atoms with E-state index in [1.165, 1.54) is 0 Å². The summed E-state index contributed by atoms with van der Waals surface area (Å²) in [5, 5.41) is 6.63. The van der Waals surface area contributed by atoms with E-state index in [0.29, 0.717) is 18.1 Å². The Kier molecular flexibility index (Phi) is 9.61. The molecule has 0 unspecified atom stereocenters. The predicted molar refractivity (Wildman–Crippen MR) is 116 cm³/mol. The van der Waals surface area contributed by atoms with Gasteiger partial charge in [-0.25, -0.2) is 4.99 Å². The lowest BCUT2D eigenvalue weighted by atomic mass is 9.99. The van der Waals surface area contributed by atoms with Crippen LogP contribution in [-0.2, 0) is 11.3 Å². The molecular formula is C21H32F3N3O2S. The van der Waals surface area contributed by atoms with E-state index in [1.807, 2.05) is 31.7 Å². The number of benzene rings is 1. The molecule has 0 aliphatic carbocycles. The van der Waals surface area contributed by atoms with Gasteiger partial charge in [0.05, 0.1) is 6.54 Å². The Bertz CT molecular complexity index is 687. The van der Waals surface area contributed by atoms with Gasteiger partial charge in [-0.3, -0.25) is 0 Å². The monoisotopic (exact) mass is 447 g/mol. The van der Waals surface area contributed by atoms with Crippen molar-refractivity contribution in [1.82, 2.24) is 10.6 Å². The molecule has 5 nitrogen and oxygen atoms in total. The first-order valence-corrected chi connectivity index (χ1v) is 11.3. The second-order valence-electron chi connectivity index (χ2n) is 7.29. The molecule has 0 radical (unpaired) electrons. The van der Waals surface area contributed by atoms with Crippen molar-refractivity contribution in [3.63, 3.8) is 0 Å². The van der Waals surface area contributed by atoms with Crippen LogP contribution >= 0.6 is 11.8 Å². The van der Waals surface area contributed by atoms with Crippen molar-refractivity contribution >= 4 is 17.7 Å². The fourth-order valence-corrected chi connectivity index (χ4v) is 4.50. The quantitative estimate of drug-likeness (QED) is 0.437. The van der Waals surface area contributed by atoms with E-state index in [0.717, 1.165) is 43.9 Å². The Morgan fingerprint density at radius 3 is 2.60 bits per heavy atom. The molecule has 1 aromatic rings. The van der Waals surface area contributed by atoms with Gasteiger partial charge in [0.2, 0.25) is 0 Å². The van der Waals surface area contributed by atoms with Gasteiger partial charge in [-0.05, 0) is 44.1 Å². The third-order valence-corrected chi connectivity index (χ3v) is 6.25. The summed E-state index contributed by atoms with van der Waals surface area (Å²) in [5.41, 5.74) is 1.45. The molecule has 0 aromatic heterocycles. The molecule has 170 valence electrons. The maximum atomic E-state index is 12.6. The number of rotatable bonds is 9. The molecule has 0 saturated carbocycles. The van der Waals surface area contributed by atoms with Crippen LogP contribution in [0.25, 0.3) is 0 Å². The summed E-state index contributed by atoms with van der Waals surface area (Å²) in [7, 11) is 0. The average Bonchev–Trinajstić information content (AvgIpc) is 2.70. The van der Waals surface area contributed by atoms with E-state index in [1.54, 1.807) is 12.1 Å². The first-order valence-electron chi connectivity index (χ1n) is 10.3. The van der Waals surface area contributed by atoms with Crippen LogP contribution < -0.4 is 15.4 Å². The van der Waals surface area contributed by atoms with Crippen molar-refractivity contribution < 1.29 is 22.6 Å². The number of thioether (sulfide) groups is 1. The zero-order valence-corrected chi connectivity index (χ0v) is 18.7. The third-order valence-electron chi connectivity index (χ3n) is 4.80. The topological polar surface area (TPSA) is 54.9 Å². The Labute approximate surface area is 181 Å². The highest BCUT2D eigenvalue weighted by Gasteiger charge is 2.32. The smallest absolute Gasteiger partial charge is 0.422 e. The SMILES string of the molecule is CCNC(=NCc1ccc(C)cc1OCC(F)(F)F)NCC1(SCC)CCOCC1. The van der Waals surface area contributed by atoms with E-state index in [-0.39, 0.29) is 17.0 Å². The van der Waals surface area contributed by atoms with Crippen LogP contribution in [0, 0.1) is 6.92 Å². The Morgan fingerprint density at radius 2 is 1.97 bits per heavy atom. The normalized spacial score (nSPS) is 16.9. The molecule has 1 saturated heterocycles. The molecule has 1 heterocycles. The summed E-state index contributed by atoms with van der Waals surface area (Å²) in [6, 6.07) is 5.23. The molecule has 1 fully saturated rings. The van der Waals surface area contributed by atoms with Crippen molar-refractivity contribution in [2.75, 3.05) is 38.7 Å². The minimum atomic E-state index is -4.38. The van der Waals surface area contributed by atoms with E-state index in [4.69, 9.17) is 9.47 Å². The highest BCUT2D eigenvalue weighted by molar-refractivity contribution is 8.00. The lowest BCUT2D eigenvalue weighted by Gasteiger charge is -2.37. The molecule has 1 aromatic carbocycles. The second kappa shape index (κ2) is 11.7. The summed E-state index contributed by atoms with van der Waals surface area (Å²) in [6.07, 6.45) is -2.42. The predicted octanol–water partition coefficient (Wildman–Crippen LogP) is 4.29. The van der Waals surface area contributed by atoms with Gasteiger partial charge < -0.3 is 20.1 Å². The van der Waals surface area contributed by atoms with E-state index in [2.05, 4.69) is 22.5 Å². The largest absolute Gasteiger partial charge is 0.484 e. The number of nitrogens with zero attached hydrogens (tertiary/aromatic N) is 1. The maximum Gasteiger partial charge on any atom is 0.422 e. The molecule has 1 aliphatic heterocycles. The summed E-state index contributed by atoms with van der Waals surface area (Å²) in [6.45, 7) is 7.81. The van der Waals surface area contributed by atoms with Gasteiger partial charge in [0.1, 0.15) is 5.75 Å². The van der Waals surface area contributed by atoms with Gasteiger partial charge >= 0.3 is 6.18 Å². The van der Waals surface area contributed by atoms with Gasteiger partial charge in [-0.1, -0.05) is 19.1 Å². The van der Waals surface area contributed by atoms with Gasteiger partial charge in [0.25, 0.3) is 0 Å². The number of ether oxygens (including phenoxy) is 2. The Hall–Kier alpha value is -1.61. The van der Waals surface area contributed by atoms with Crippen LogP contribution in [0.2, 0.25) is 0 Å². The molecule has 0 amide bonds. The van der Waals surface area contributed by atoms with Crippen LogP contribution in [0.15, 0.2) is 23.2 Å². The van der Waals surface area contributed by atoms with Crippen molar-refractivity contribution in [3.8, 4) is 5.75 Å². The molecule has 0 bridgehead atoms. The molecule has 2 N–H and O–H groups in total. The molecule has 0 spiro atoms. The standard InChI is InChI=1S/C21H32F3N3O2S/c1-4-25-19(27-14-20(30-5-2)8-10-28-11-9-20)26-13-17-7-6-16(3)12-18(17)29-15-21(22,23)24/h6-7,12H,4-5,8-11,13-15H2,1-3H3,(H2,25,26,27). The first-order chi connectivity index (χ1) is 14.3. The Morgan fingerprint density at radius 1 is 1.23 bits per heavy atom. The summed E-state index contributed by atoms with van der Waals surface area (Å²) < 4.78 is 48.4. The number of hydrogen-bond donors (Lipinski definition) is 2. The highest BCUT2D eigenvalue weighted by atomic mass is 32.2. The minimum absolute atomic E-state index is 0.105. The number of alkyl halides is 3. The lowest BCUT2D eigenvalue weighted by molar-refractivity contribution is -0.153. The van der Waals surface area contributed by atoms with Crippen molar-refractivity contribution in [2.45, 2.75) is 51.1 Å². The molecule has 30 heavy (non-hydrogen) atoms. The number of guanidine groups is 1. The van der Waals surface area contributed by atoms with E-state index < -0.39 is 12.8 Å². The summed E-state index contributed by atoms with van der Waals surface area (Å²) in [4.78, 5) is 4.59. The van der Waals surface area contributed by atoms with Gasteiger partial charge in [-0.15, -0.1) is 0 Å². The zero-order chi connectivity index (χ0) is 22.0. The fourth-order valence-electron chi connectivity index (χ4n) is 3.26. The van der Waals surface area contributed by atoms with Crippen LogP contribution in [0.5, 0.6) is 5.75 Å². The van der Waals surface area contributed by atoms with E-state index in [9.17, 15) is 13.2 Å². The molecule has 0 atom stereocenters. The number of nitrogens with one attached hydrogen (secondary N) is 2. The first kappa shape index (κ1) is 24.7. The third kappa shape index (κ3) is 8.26. The van der Waals surface area contributed by atoms with Gasteiger partial charge in [0, 0.05) is 36.6 Å². The molecular weight excluding hydrogens is 415 g/mol. The lowest BCUT2D eigenvalue weighted by Crippen LogP contribution is -2.48. The number of aryl methyl sites for hydroxylation is 1. The molecule has 1 aliphatic rings. The zero-order valence-electron chi connectivity index (χ0n) is 17.9. The van der Waals surface area contributed by atoms with Gasteiger partial charge in [-0.2, -0.15) is 24.9 Å². The van der Waals surface area contributed by atoms with Crippen molar-refractivity contribution in [2.24, 2.45) is 4.99 Å². The van der Waals surface area contributed by atoms with Crippen LogP contribution in [0.3, 0.4) is 0 Å². The van der Waals surface area contributed by atoms with Crippen molar-refractivity contribution in [1.29, 1.82) is 0 Å². The maximum absolute atomic E-state index is 12.6. The average molecular weight is 448 g/mol. The second-order valence-corrected chi connectivity index (χ2v) is 9.02. The number of aliphatic imine (C=N–C) groups is 1.